The minimum absolute atomic E-state index is 0.00166. The molecule has 2 aliphatic rings. The van der Waals surface area contributed by atoms with Crippen molar-refractivity contribution in [3.8, 4) is 0 Å². The summed E-state index contributed by atoms with van der Waals surface area (Å²) >= 11 is 0. The van der Waals surface area contributed by atoms with Gasteiger partial charge in [-0.15, -0.1) is 0 Å². The molecule has 2 aliphatic carbocycles. The van der Waals surface area contributed by atoms with Gasteiger partial charge in [0.2, 0.25) is 5.91 Å². The van der Waals surface area contributed by atoms with E-state index in [-0.39, 0.29) is 29.3 Å². The van der Waals surface area contributed by atoms with Gasteiger partial charge in [-0.05, 0) is 37.8 Å². The second kappa shape index (κ2) is 5.54. The first-order valence-corrected chi connectivity index (χ1v) is 7.34. The summed E-state index contributed by atoms with van der Waals surface area (Å²) in [6, 6.07) is 3.30. The molecule has 0 aromatic heterocycles. The van der Waals surface area contributed by atoms with Crippen LogP contribution in [0.3, 0.4) is 0 Å². The van der Waals surface area contributed by atoms with Gasteiger partial charge in [0.1, 0.15) is 5.78 Å². The van der Waals surface area contributed by atoms with Crippen LogP contribution in [0.2, 0.25) is 0 Å². The predicted octanol–water partition coefficient (Wildman–Crippen LogP) is 3.30. The lowest BCUT2D eigenvalue weighted by molar-refractivity contribution is -0.136. The molecule has 0 heterocycles. The van der Waals surface area contributed by atoms with Crippen molar-refractivity contribution in [1.82, 2.24) is 0 Å². The number of halogens is 2. The van der Waals surface area contributed by atoms with Crippen LogP contribution in [0.25, 0.3) is 0 Å². The van der Waals surface area contributed by atoms with E-state index < -0.39 is 11.6 Å². The van der Waals surface area contributed by atoms with Gasteiger partial charge in [-0.2, -0.15) is 0 Å². The van der Waals surface area contributed by atoms with Gasteiger partial charge in [-0.3, -0.25) is 9.59 Å². The number of amides is 1. The summed E-state index contributed by atoms with van der Waals surface area (Å²) in [6.45, 7) is 0. The monoisotopic (exact) mass is 293 g/mol. The van der Waals surface area contributed by atoms with Gasteiger partial charge in [0.15, 0.2) is 11.6 Å². The van der Waals surface area contributed by atoms with Gasteiger partial charge in [-0.25, -0.2) is 8.78 Å². The number of hydrogen-bond donors (Lipinski definition) is 1. The lowest BCUT2D eigenvalue weighted by Gasteiger charge is -2.36. The fourth-order valence-electron chi connectivity index (χ4n) is 3.51. The minimum atomic E-state index is -0.983. The molecule has 0 aliphatic heterocycles. The molecular weight excluding hydrogens is 276 g/mol. The predicted molar refractivity (Wildman–Crippen MR) is 73.5 cm³/mol. The molecule has 112 valence electrons. The van der Waals surface area contributed by atoms with E-state index >= 15 is 0 Å². The first kappa shape index (κ1) is 14.2. The normalized spacial score (nSPS) is 28.3. The lowest BCUT2D eigenvalue weighted by atomic mass is 9.67. The summed E-state index contributed by atoms with van der Waals surface area (Å²) in [6.07, 6.45) is 3.93. The summed E-state index contributed by atoms with van der Waals surface area (Å²) in [5, 5.41) is 2.63. The van der Waals surface area contributed by atoms with Gasteiger partial charge in [-0.1, -0.05) is 6.42 Å². The van der Waals surface area contributed by atoms with E-state index in [1.54, 1.807) is 0 Å². The highest BCUT2D eigenvalue weighted by Crippen LogP contribution is 2.40. The Morgan fingerprint density at radius 2 is 1.76 bits per heavy atom. The van der Waals surface area contributed by atoms with E-state index in [1.165, 1.54) is 6.07 Å². The number of fused-ring (bicyclic) bond motifs is 2. The van der Waals surface area contributed by atoms with E-state index in [0.717, 1.165) is 31.4 Å². The van der Waals surface area contributed by atoms with Gasteiger partial charge in [0, 0.05) is 29.5 Å². The number of nitrogens with one attached hydrogen (secondary N) is 1. The molecule has 21 heavy (non-hydrogen) atoms. The Hall–Kier alpha value is -1.78. The van der Waals surface area contributed by atoms with E-state index in [2.05, 4.69) is 5.32 Å². The van der Waals surface area contributed by atoms with Gasteiger partial charge in [0.25, 0.3) is 0 Å². The highest BCUT2D eigenvalue weighted by molar-refractivity contribution is 5.95. The van der Waals surface area contributed by atoms with Crippen molar-refractivity contribution in [2.45, 2.75) is 32.1 Å². The van der Waals surface area contributed by atoms with Crippen LogP contribution < -0.4 is 5.32 Å². The molecule has 0 saturated heterocycles. The molecule has 3 nitrogen and oxygen atoms in total. The molecule has 1 aromatic rings. The lowest BCUT2D eigenvalue weighted by Crippen LogP contribution is -2.40. The maximum absolute atomic E-state index is 13.1. The fraction of sp³-hybridized carbons (Fsp3) is 0.500. The molecule has 5 heteroatoms. The molecule has 2 unspecified atom stereocenters. The SMILES string of the molecule is O=C(Nc1ccc(F)c(F)c1)C1CC2CCCC(C1)C2=O. The Bertz CT molecular complexity index is 572. The number of rotatable bonds is 2. The van der Waals surface area contributed by atoms with Crippen LogP contribution in [0.5, 0.6) is 0 Å². The molecule has 2 atom stereocenters. The third-order valence-corrected chi connectivity index (χ3v) is 4.61. The Morgan fingerprint density at radius 1 is 1.10 bits per heavy atom. The van der Waals surface area contributed by atoms with E-state index in [9.17, 15) is 18.4 Å². The topological polar surface area (TPSA) is 46.2 Å². The van der Waals surface area contributed by atoms with Crippen LogP contribution in [0, 0.1) is 29.4 Å². The molecule has 3 rings (SSSR count). The van der Waals surface area contributed by atoms with Crippen LogP contribution in [0.1, 0.15) is 32.1 Å². The van der Waals surface area contributed by atoms with Crippen molar-refractivity contribution < 1.29 is 18.4 Å². The number of carbonyl (C=O) groups excluding carboxylic acids is 2. The maximum Gasteiger partial charge on any atom is 0.227 e. The zero-order valence-corrected chi connectivity index (χ0v) is 11.6. The van der Waals surface area contributed by atoms with Crippen LogP contribution >= 0.6 is 0 Å². The van der Waals surface area contributed by atoms with Crippen molar-refractivity contribution in [3.63, 3.8) is 0 Å². The number of benzene rings is 1. The highest BCUT2D eigenvalue weighted by Gasteiger charge is 2.41. The highest BCUT2D eigenvalue weighted by atomic mass is 19.2. The first-order valence-electron chi connectivity index (χ1n) is 7.34. The third kappa shape index (κ3) is 2.82. The molecule has 2 fully saturated rings. The number of Topliss-reactive ketones (excluding diaryl/α,β-unsaturated/α-hetero) is 1. The van der Waals surface area contributed by atoms with Crippen LogP contribution in [0.15, 0.2) is 18.2 Å². The Labute approximate surface area is 121 Å². The molecular formula is C16H17F2NO2. The minimum Gasteiger partial charge on any atom is -0.326 e. The van der Waals surface area contributed by atoms with Crippen molar-refractivity contribution in [2.24, 2.45) is 17.8 Å². The molecule has 1 amide bonds. The van der Waals surface area contributed by atoms with E-state index in [4.69, 9.17) is 0 Å². The zero-order valence-electron chi connectivity index (χ0n) is 11.6. The van der Waals surface area contributed by atoms with Crippen molar-refractivity contribution >= 4 is 17.4 Å². The van der Waals surface area contributed by atoms with Gasteiger partial charge >= 0.3 is 0 Å². The third-order valence-electron chi connectivity index (χ3n) is 4.61. The molecule has 2 bridgehead atoms. The number of carbonyl (C=O) groups is 2. The van der Waals surface area contributed by atoms with Crippen molar-refractivity contribution in [2.75, 3.05) is 5.32 Å². The van der Waals surface area contributed by atoms with Crippen molar-refractivity contribution in [1.29, 1.82) is 0 Å². The Balaban J connectivity index is 1.68. The van der Waals surface area contributed by atoms with Gasteiger partial charge in [0.05, 0.1) is 0 Å². The second-order valence-corrected chi connectivity index (χ2v) is 6.01. The smallest absolute Gasteiger partial charge is 0.227 e. The standard InChI is InChI=1S/C16H17F2NO2/c17-13-5-4-12(8-14(13)18)19-16(21)11-6-9-2-1-3-10(7-11)15(9)20/h4-5,8-11H,1-3,6-7H2,(H,19,21). The van der Waals surface area contributed by atoms with E-state index in [0.29, 0.717) is 18.6 Å². The largest absolute Gasteiger partial charge is 0.326 e. The fourth-order valence-corrected chi connectivity index (χ4v) is 3.51. The second-order valence-electron chi connectivity index (χ2n) is 6.01. The molecule has 1 aromatic carbocycles. The Kier molecular flexibility index (Phi) is 3.74. The van der Waals surface area contributed by atoms with Crippen LogP contribution in [-0.4, -0.2) is 11.7 Å². The molecule has 2 saturated carbocycles. The first-order chi connectivity index (χ1) is 10.0. The quantitative estimate of drug-likeness (QED) is 0.909. The number of hydrogen-bond acceptors (Lipinski definition) is 2. The summed E-state index contributed by atoms with van der Waals surface area (Å²) in [4.78, 5) is 24.3. The number of anilines is 1. The molecule has 0 radical (unpaired) electrons. The van der Waals surface area contributed by atoms with Crippen LogP contribution in [0.4, 0.5) is 14.5 Å². The average molecular weight is 293 g/mol. The van der Waals surface area contributed by atoms with E-state index in [1.807, 2.05) is 0 Å². The van der Waals surface area contributed by atoms with Gasteiger partial charge < -0.3 is 5.32 Å². The Morgan fingerprint density at radius 3 is 2.38 bits per heavy atom. The summed E-state index contributed by atoms with van der Waals surface area (Å²) in [5.74, 6) is -2.04. The molecule has 1 N–H and O–H groups in total. The summed E-state index contributed by atoms with van der Waals surface area (Å²) in [5.41, 5.74) is 0.251. The maximum atomic E-state index is 13.1. The van der Waals surface area contributed by atoms with Crippen LogP contribution in [-0.2, 0) is 9.59 Å². The summed E-state index contributed by atoms with van der Waals surface area (Å²) < 4.78 is 26.0. The summed E-state index contributed by atoms with van der Waals surface area (Å²) in [7, 11) is 0. The average Bonchev–Trinajstić information content (AvgIpc) is 2.42. The van der Waals surface area contributed by atoms with Crippen molar-refractivity contribution in [3.05, 3.63) is 29.8 Å². The zero-order chi connectivity index (χ0) is 15.0. The molecule has 0 spiro atoms. The number of ketones is 1.